The van der Waals surface area contributed by atoms with E-state index in [1.54, 1.807) is 0 Å². The lowest BCUT2D eigenvalue weighted by molar-refractivity contribution is 0.0597. The monoisotopic (exact) mass is 432 g/mol. The standard InChI is InChI=1S/C30H28N2O/c33-30(28-18-16-25(17-19-28)24-10-4-1-5-11-24)32-22-20-31(21-23-32)29(26-12-6-2-7-13-26)27-14-8-3-9-15-27/h1-19,29H,20-23H2. The third kappa shape index (κ3) is 4.74. The highest BCUT2D eigenvalue weighted by atomic mass is 16.2. The van der Waals surface area contributed by atoms with Gasteiger partial charge in [0.1, 0.15) is 0 Å². The van der Waals surface area contributed by atoms with Crippen LogP contribution >= 0.6 is 0 Å². The van der Waals surface area contributed by atoms with Gasteiger partial charge in [-0.15, -0.1) is 0 Å². The van der Waals surface area contributed by atoms with Gasteiger partial charge in [-0.2, -0.15) is 0 Å². The van der Waals surface area contributed by atoms with E-state index in [1.165, 1.54) is 11.1 Å². The van der Waals surface area contributed by atoms with E-state index in [0.717, 1.165) is 42.9 Å². The smallest absolute Gasteiger partial charge is 0.253 e. The van der Waals surface area contributed by atoms with Gasteiger partial charge in [0, 0.05) is 31.7 Å². The van der Waals surface area contributed by atoms with Crippen LogP contribution in [0.15, 0.2) is 115 Å². The molecule has 3 heteroatoms. The van der Waals surface area contributed by atoms with Gasteiger partial charge in [0.2, 0.25) is 0 Å². The molecule has 4 aromatic rings. The van der Waals surface area contributed by atoms with Crippen LogP contribution < -0.4 is 0 Å². The normalized spacial score (nSPS) is 14.4. The molecular weight excluding hydrogens is 404 g/mol. The van der Waals surface area contributed by atoms with Gasteiger partial charge < -0.3 is 4.90 Å². The fraction of sp³-hybridized carbons (Fsp3) is 0.167. The van der Waals surface area contributed by atoms with E-state index >= 15 is 0 Å². The summed E-state index contributed by atoms with van der Waals surface area (Å²) in [6.45, 7) is 3.16. The van der Waals surface area contributed by atoms with Gasteiger partial charge in [0.15, 0.2) is 0 Å². The molecular formula is C30H28N2O. The molecule has 164 valence electrons. The molecule has 33 heavy (non-hydrogen) atoms. The Morgan fingerprint density at radius 2 is 1.00 bits per heavy atom. The van der Waals surface area contributed by atoms with E-state index in [4.69, 9.17) is 0 Å². The van der Waals surface area contributed by atoms with Gasteiger partial charge in [-0.3, -0.25) is 9.69 Å². The highest BCUT2D eigenvalue weighted by Gasteiger charge is 2.28. The van der Waals surface area contributed by atoms with Gasteiger partial charge >= 0.3 is 0 Å². The Labute approximate surface area is 195 Å². The summed E-state index contributed by atoms with van der Waals surface area (Å²) in [6, 6.07) is 39.8. The van der Waals surface area contributed by atoms with Crippen molar-refractivity contribution in [2.24, 2.45) is 0 Å². The van der Waals surface area contributed by atoms with E-state index in [2.05, 4.69) is 77.7 Å². The number of piperazine rings is 1. The summed E-state index contributed by atoms with van der Waals surface area (Å²) in [7, 11) is 0. The Balaban J connectivity index is 1.28. The first-order valence-electron chi connectivity index (χ1n) is 11.6. The van der Waals surface area contributed by atoms with E-state index in [0.29, 0.717) is 0 Å². The van der Waals surface area contributed by atoms with Crippen LogP contribution in [0.1, 0.15) is 27.5 Å². The summed E-state index contributed by atoms with van der Waals surface area (Å²) in [5.41, 5.74) is 5.63. The molecule has 0 radical (unpaired) electrons. The molecule has 3 nitrogen and oxygen atoms in total. The molecule has 0 aromatic heterocycles. The van der Waals surface area contributed by atoms with Gasteiger partial charge in [-0.25, -0.2) is 0 Å². The quantitative estimate of drug-likeness (QED) is 0.392. The van der Waals surface area contributed by atoms with Crippen LogP contribution in [0.5, 0.6) is 0 Å². The van der Waals surface area contributed by atoms with E-state index < -0.39 is 0 Å². The maximum Gasteiger partial charge on any atom is 0.253 e. The number of hydrogen-bond acceptors (Lipinski definition) is 2. The molecule has 0 spiro atoms. The molecule has 0 saturated carbocycles. The minimum absolute atomic E-state index is 0.116. The second-order valence-electron chi connectivity index (χ2n) is 8.50. The maximum atomic E-state index is 13.2. The highest BCUT2D eigenvalue weighted by Crippen LogP contribution is 2.29. The third-order valence-electron chi connectivity index (χ3n) is 6.44. The van der Waals surface area contributed by atoms with Crippen molar-refractivity contribution in [2.45, 2.75) is 6.04 Å². The average molecular weight is 433 g/mol. The van der Waals surface area contributed by atoms with Crippen molar-refractivity contribution in [1.29, 1.82) is 0 Å². The van der Waals surface area contributed by atoms with Crippen LogP contribution in [0, 0.1) is 0 Å². The second-order valence-corrected chi connectivity index (χ2v) is 8.50. The third-order valence-corrected chi connectivity index (χ3v) is 6.44. The molecule has 0 unspecified atom stereocenters. The Kier molecular flexibility index (Phi) is 6.32. The Bertz CT molecular complexity index is 1130. The zero-order valence-corrected chi connectivity index (χ0v) is 18.7. The largest absolute Gasteiger partial charge is 0.336 e. The zero-order chi connectivity index (χ0) is 22.5. The molecule has 0 N–H and O–H groups in total. The first-order chi connectivity index (χ1) is 16.3. The van der Waals surface area contributed by atoms with Gasteiger partial charge in [0.05, 0.1) is 6.04 Å². The van der Waals surface area contributed by atoms with Gasteiger partial charge in [-0.05, 0) is 34.4 Å². The Morgan fingerprint density at radius 3 is 1.52 bits per heavy atom. The average Bonchev–Trinajstić information content (AvgIpc) is 2.91. The fourth-order valence-corrected chi connectivity index (χ4v) is 4.69. The van der Waals surface area contributed by atoms with Crippen LogP contribution in [0.25, 0.3) is 11.1 Å². The lowest BCUT2D eigenvalue weighted by Gasteiger charge is -2.39. The van der Waals surface area contributed by atoms with Crippen LogP contribution in [-0.2, 0) is 0 Å². The van der Waals surface area contributed by atoms with Crippen LogP contribution in [0.3, 0.4) is 0 Å². The van der Waals surface area contributed by atoms with Crippen LogP contribution in [0.2, 0.25) is 0 Å². The number of hydrogen-bond donors (Lipinski definition) is 0. The lowest BCUT2D eigenvalue weighted by Crippen LogP contribution is -2.49. The predicted octanol–water partition coefficient (Wildman–Crippen LogP) is 5.90. The Morgan fingerprint density at radius 1 is 0.545 bits per heavy atom. The van der Waals surface area contributed by atoms with Gasteiger partial charge in [-0.1, -0.05) is 103 Å². The number of benzene rings is 4. The van der Waals surface area contributed by atoms with E-state index in [1.807, 2.05) is 47.4 Å². The minimum Gasteiger partial charge on any atom is -0.336 e. The van der Waals surface area contributed by atoms with Crippen LogP contribution in [-0.4, -0.2) is 41.9 Å². The molecule has 1 heterocycles. The zero-order valence-electron chi connectivity index (χ0n) is 18.7. The summed E-state index contributed by atoms with van der Waals surface area (Å²) < 4.78 is 0. The molecule has 4 aromatic carbocycles. The SMILES string of the molecule is O=C(c1ccc(-c2ccccc2)cc1)N1CCN(C(c2ccccc2)c2ccccc2)CC1. The fourth-order valence-electron chi connectivity index (χ4n) is 4.69. The molecule has 5 rings (SSSR count). The Hall–Kier alpha value is -3.69. The molecule has 1 fully saturated rings. The van der Waals surface area contributed by atoms with E-state index in [9.17, 15) is 4.79 Å². The summed E-state index contributed by atoms with van der Waals surface area (Å²) in [5.74, 6) is 0.116. The highest BCUT2D eigenvalue weighted by molar-refractivity contribution is 5.94. The summed E-state index contributed by atoms with van der Waals surface area (Å²) in [5, 5.41) is 0. The van der Waals surface area contributed by atoms with Crippen molar-refractivity contribution in [3.63, 3.8) is 0 Å². The number of carbonyl (C=O) groups is 1. The molecule has 1 aliphatic rings. The van der Waals surface area contributed by atoms with E-state index in [-0.39, 0.29) is 11.9 Å². The second kappa shape index (κ2) is 9.85. The molecule has 0 aliphatic carbocycles. The number of rotatable bonds is 5. The summed E-state index contributed by atoms with van der Waals surface area (Å²) in [4.78, 5) is 17.7. The topological polar surface area (TPSA) is 23.6 Å². The van der Waals surface area contributed by atoms with Crippen molar-refractivity contribution in [3.8, 4) is 11.1 Å². The first-order valence-corrected chi connectivity index (χ1v) is 11.6. The molecule has 1 amide bonds. The summed E-state index contributed by atoms with van der Waals surface area (Å²) >= 11 is 0. The predicted molar refractivity (Wildman–Crippen MR) is 134 cm³/mol. The number of nitrogens with zero attached hydrogens (tertiary/aromatic N) is 2. The van der Waals surface area contributed by atoms with Crippen molar-refractivity contribution in [3.05, 3.63) is 132 Å². The van der Waals surface area contributed by atoms with Crippen molar-refractivity contribution >= 4 is 5.91 Å². The summed E-state index contributed by atoms with van der Waals surface area (Å²) in [6.07, 6.45) is 0. The first kappa shape index (κ1) is 21.2. The number of carbonyl (C=O) groups excluding carboxylic acids is 1. The van der Waals surface area contributed by atoms with Gasteiger partial charge in [0.25, 0.3) is 5.91 Å². The van der Waals surface area contributed by atoms with Crippen molar-refractivity contribution in [2.75, 3.05) is 26.2 Å². The molecule has 1 aliphatic heterocycles. The van der Waals surface area contributed by atoms with Crippen molar-refractivity contribution in [1.82, 2.24) is 9.80 Å². The number of amides is 1. The maximum absolute atomic E-state index is 13.2. The van der Waals surface area contributed by atoms with Crippen LogP contribution in [0.4, 0.5) is 0 Å². The van der Waals surface area contributed by atoms with Crippen molar-refractivity contribution < 1.29 is 4.79 Å². The molecule has 1 saturated heterocycles. The minimum atomic E-state index is 0.116. The molecule has 0 bridgehead atoms. The lowest BCUT2D eigenvalue weighted by atomic mass is 9.96. The molecule has 0 atom stereocenters.